The fourth-order valence-corrected chi connectivity index (χ4v) is 2.69. The maximum Gasteiger partial charge on any atom is 0.406 e. The van der Waals surface area contributed by atoms with Crippen LogP contribution in [0.3, 0.4) is 0 Å². The number of hydrogen-bond acceptors (Lipinski definition) is 3. The Hall–Kier alpha value is -2.25. The predicted molar refractivity (Wildman–Crippen MR) is 73.9 cm³/mol. The highest BCUT2D eigenvalue weighted by molar-refractivity contribution is 5.84. The van der Waals surface area contributed by atoms with E-state index in [1.54, 1.807) is 18.2 Å². The number of carboxylic acids is 1. The van der Waals surface area contributed by atoms with Crippen LogP contribution in [0, 0.1) is 5.92 Å². The molecule has 1 aliphatic heterocycles. The molecule has 8 heteroatoms. The van der Waals surface area contributed by atoms with E-state index in [1.807, 2.05) is 0 Å². The Morgan fingerprint density at radius 3 is 2.65 bits per heavy atom. The van der Waals surface area contributed by atoms with Crippen LogP contribution in [0.4, 0.5) is 13.2 Å². The van der Waals surface area contributed by atoms with Crippen molar-refractivity contribution in [3.05, 3.63) is 29.3 Å². The van der Waals surface area contributed by atoms with Crippen molar-refractivity contribution in [3.8, 4) is 5.75 Å². The average Bonchev–Trinajstić information content (AvgIpc) is 2.55. The van der Waals surface area contributed by atoms with Crippen molar-refractivity contribution in [2.45, 2.75) is 25.6 Å². The number of aliphatic carboxylic acids is 1. The molecular weight excluding hydrogens is 315 g/mol. The van der Waals surface area contributed by atoms with Crippen LogP contribution in [0.15, 0.2) is 18.2 Å². The molecule has 1 N–H and O–H groups in total. The van der Waals surface area contributed by atoms with Crippen molar-refractivity contribution in [2.24, 2.45) is 5.92 Å². The summed E-state index contributed by atoms with van der Waals surface area (Å²) in [5, 5.41) is 8.91. The van der Waals surface area contributed by atoms with Crippen LogP contribution in [-0.2, 0) is 22.6 Å². The maximum absolute atomic E-state index is 12.7. The standard InChI is InChI=1S/C15H16F3NO4/c1-23-12-3-2-9-4-10(6-13(20)21)14(22)19(7-11(9)5-12)8-15(16,17)18/h2-3,5,10H,4,6-8H2,1H3,(H,20,21)/t10-/m0/s1. The third kappa shape index (κ3) is 4.37. The number of nitrogens with zero attached hydrogens (tertiary/aromatic N) is 1. The van der Waals surface area contributed by atoms with Crippen LogP contribution in [0.5, 0.6) is 5.75 Å². The molecule has 0 fully saturated rings. The van der Waals surface area contributed by atoms with Crippen molar-refractivity contribution < 1.29 is 32.6 Å². The van der Waals surface area contributed by atoms with Crippen molar-refractivity contribution in [1.82, 2.24) is 4.90 Å². The van der Waals surface area contributed by atoms with Gasteiger partial charge < -0.3 is 14.7 Å². The van der Waals surface area contributed by atoms with Gasteiger partial charge in [-0.05, 0) is 29.7 Å². The Morgan fingerprint density at radius 2 is 2.09 bits per heavy atom. The van der Waals surface area contributed by atoms with E-state index in [2.05, 4.69) is 0 Å². The summed E-state index contributed by atoms with van der Waals surface area (Å²) < 4.78 is 43.2. The number of halogens is 3. The fourth-order valence-electron chi connectivity index (χ4n) is 2.69. The van der Waals surface area contributed by atoms with Gasteiger partial charge in [0.2, 0.25) is 5.91 Å². The lowest BCUT2D eigenvalue weighted by Gasteiger charge is -2.25. The zero-order valence-electron chi connectivity index (χ0n) is 12.4. The van der Waals surface area contributed by atoms with Crippen LogP contribution in [-0.4, -0.2) is 41.7 Å². The molecule has 0 saturated carbocycles. The molecule has 0 aromatic heterocycles. The van der Waals surface area contributed by atoms with Gasteiger partial charge >= 0.3 is 12.1 Å². The molecule has 23 heavy (non-hydrogen) atoms. The molecule has 0 bridgehead atoms. The van der Waals surface area contributed by atoms with E-state index in [-0.39, 0.29) is 13.0 Å². The predicted octanol–water partition coefficient (Wildman–Crippen LogP) is 2.23. The third-order valence-electron chi connectivity index (χ3n) is 3.69. The molecule has 0 radical (unpaired) electrons. The molecular formula is C15H16F3NO4. The van der Waals surface area contributed by atoms with Gasteiger partial charge in [0.25, 0.3) is 0 Å². The van der Waals surface area contributed by atoms with Gasteiger partial charge in [-0.2, -0.15) is 13.2 Å². The average molecular weight is 331 g/mol. The van der Waals surface area contributed by atoms with E-state index in [4.69, 9.17) is 9.84 Å². The van der Waals surface area contributed by atoms with E-state index < -0.39 is 36.9 Å². The topological polar surface area (TPSA) is 66.8 Å². The molecule has 5 nitrogen and oxygen atoms in total. The Bertz CT molecular complexity index is 615. The molecule has 0 unspecified atom stereocenters. The summed E-state index contributed by atoms with van der Waals surface area (Å²) in [5.41, 5.74) is 1.20. The lowest BCUT2D eigenvalue weighted by Crippen LogP contribution is -2.41. The van der Waals surface area contributed by atoms with Gasteiger partial charge in [0.05, 0.1) is 19.4 Å². The van der Waals surface area contributed by atoms with Gasteiger partial charge in [0.15, 0.2) is 0 Å². The van der Waals surface area contributed by atoms with Crippen molar-refractivity contribution in [2.75, 3.05) is 13.7 Å². The van der Waals surface area contributed by atoms with Crippen LogP contribution in [0.1, 0.15) is 17.5 Å². The lowest BCUT2D eigenvalue weighted by molar-refractivity contribution is -0.165. The monoisotopic (exact) mass is 331 g/mol. The minimum atomic E-state index is -4.55. The smallest absolute Gasteiger partial charge is 0.406 e. The highest BCUT2D eigenvalue weighted by atomic mass is 19.4. The Balaban J connectivity index is 2.38. The van der Waals surface area contributed by atoms with Crippen LogP contribution in [0.2, 0.25) is 0 Å². The van der Waals surface area contributed by atoms with Gasteiger partial charge in [-0.3, -0.25) is 9.59 Å². The minimum absolute atomic E-state index is 0.0960. The van der Waals surface area contributed by atoms with E-state index in [9.17, 15) is 22.8 Å². The quantitative estimate of drug-likeness (QED) is 0.919. The summed E-state index contributed by atoms with van der Waals surface area (Å²) in [7, 11) is 1.43. The SMILES string of the molecule is COc1ccc2c(c1)CN(CC(F)(F)F)C(=O)[C@H](CC(=O)O)C2. The Morgan fingerprint density at radius 1 is 1.39 bits per heavy atom. The molecule has 1 atom stereocenters. The summed E-state index contributed by atoms with van der Waals surface area (Å²) in [6.07, 6.45) is -4.95. The first-order valence-electron chi connectivity index (χ1n) is 6.92. The van der Waals surface area contributed by atoms with Gasteiger partial charge in [-0.25, -0.2) is 0 Å². The zero-order valence-corrected chi connectivity index (χ0v) is 12.4. The molecule has 126 valence electrons. The van der Waals surface area contributed by atoms with Crippen LogP contribution < -0.4 is 4.74 Å². The van der Waals surface area contributed by atoms with E-state index in [0.717, 1.165) is 0 Å². The Kier molecular flexibility index (Phi) is 4.82. The van der Waals surface area contributed by atoms with E-state index in [1.165, 1.54) is 7.11 Å². The first-order valence-corrected chi connectivity index (χ1v) is 6.92. The van der Waals surface area contributed by atoms with Gasteiger partial charge in [0, 0.05) is 6.54 Å². The number of methoxy groups -OCH3 is 1. The van der Waals surface area contributed by atoms with E-state index in [0.29, 0.717) is 21.8 Å². The highest BCUT2D eigenvalue weighted by Crippen LogP contribution is 2.30. The van der Waals surface area contributed by atoms with Crippen molar-refractivity contribution in [3.63, 3.8) is 0 Å². The number of benzene rings is 1. The van der Waals surface area contributed by atoms with Gasteiger partial charge in [-0.1, -0.05) is 6.07 Å². The molecule has 2 rings (SSSR count). The molecule has 1 amide bonds. The van der Waals surface area contributed by atoms with Gasteiger partial charge in [0.1, 0.15) is 12.3 Å². The zero-order chi connectivity index (χ0) is 17.2. The maximum atomic E-state index is 12.7. The number of carbonyl (C=O) groups excluding carboxylic acids is 1. The number of ether oxygens (including phenoxy) is 1. The number of amides is 1. The number of fused-ring (bicyclic) bond motifs is 1. The summed E-state index contributed by atoms with van der Waals surface area (Å²) >= 11 is 0. The lowest BCUT2D eigenvalue weighted by atomic mass is 9.94. The number of hydrogen-bond donors (Lipinski definition) is 1. The number of carboxylic acid groups (broad SMARTS) is 1. The summed E-state index contributed by atoms with van der Waals surface area (Å²) in [6.45, 7) is -1.63. The minimum Gasteiger partial charge on any atom is -0.497 e. The summed E-state index contributed by atoms with van der Waals surface area (Å²) in [4.78, 5) is 23.9. The van der Waals surface area contributed by atoms with E-state index >= 15 is 0 Å². The number of carbonyl (C=O) groups is 2. The molecule has 0 aliphatic carbocycles. The van der Waals surface area contributed by atoms with Crippen molar-refractivity contribution >= 4 is 11.9 Å². The van der Waals surface area contributed by atoms with Gasteiger partial charge in [-0.15, -0.1) is 0 Å². The number of rotatable bonds is 4. The van der Waals surface area contributed by atoms with Crippen molar-refractivity contribution in [1.29, 1.82) is 0 Å². The second-order valence-corrected chi connectivity index (χ2v) is 5.44. The highest BCUT2D eigenvalue weighted by Gasteiger charge is 2.38. The first-order chi connectivity index (χ1) is 10.7. The molecule has 1 heterocycles. The fraction of sp³-hybridized carbons (Fsp3) is 0.467. The summed E-state index contributed by atoms with van der Waals surface area (Å²) in [5.74, 6) is -2.54. The largest absolute Gasteiger partial charge is 0.497 e. The molecule has 0 saturated heterocycles. The molecule has 0 spiro atoms. The first kappa shape index (κ1) is 17.1. The Labute approximate surface area is 130 Å². The molecule has 1 aliphatic rings. The molecule has 1 aromatic carbocycles. The van der Waals surface area contributed by atoms with Crippen LogP contribution >= 0.6 is 0 Å². The summed E-state index contributed by atoms with van der Waals surface area (Å²) in [6, 6.07) is 4.88. The number of alkyl halides is 3. The normalized spacial score (nSPS) is 18.3. The third-order valence-corrected chi connectivity index (χ3v) is 3.69. The van der Waals surface area contributed by atoms with Crippen LogP contribution in [0.25, 0.3) is 0 Å². The molecule has 1 aromatic rings. The second-order valence-electron chi connectivity index (χ2n) is 5.44. The second kappa shape index (κ2) is 6.47.